The van der Waals surface area contributed by atoms with Crippen molar-refractivity contribution < 1.29 is 4.79 Å². The van der Waals surface area contributed by atoms with Gasteiger partial charge in [0.15, 0.2) is 0 Å². The van der Waals surface area contributed by atoms with Gasteiger partial charge in [-0.3, -0.25) is 9.78 Å². The fourth-order valence-corrected chi connectivity index (χ4v) is 2.13. The molecule has 0 fully saturated rings. The third kappa shape index (κ3) is 3.01. The van der Waals surface area contributed by atoms with E-state index in [0.717, 1.165) is 10.7 Å². The van der Waals surface area contributed by atoms with E-state index in [0.29, 0.717) is 17.1 Å². The van der Waals surface area contributed by atoms with E-state index in [1.807, 2.05) is 12.3 Å². The summed E-state index contributed by atoms with van der Waals surface area (Å²) in [7, 11) is 0. The van der Waals surface area contributed by atoms with Crippen LogP contribution in [0.5, 0.6) is 0 Å². The van der Waals surface area contributed by atoms with Crippen LogP contribution in [0.15, 0.2) is 23.8 Å². The van der Waals surface area contributed by atoms with E-state index in [-0.39, 0.29) is 5.91 Å². The summed E-state index contributed by atoms with van der Waals surface area (Å²) in [5, 5.41) is 5.88. The topological polar surface area (TPSA) is 54.9 Å². The number of aromatic nitrogens is 2. The number of nitrogens with zero attached hydrogens (tertiary/aromatic N) is 2. The summed E-state index contributed by atoms with van der Waals surface area (Å²) in [6.45, 7) is 2.23. The predicted octanol–water partition coefficient (Wildman–Crippen LogP) is 2.43. The summed E-state index contributed by atoms with van der Waals surface area (Å²) in [5.74, 6) is -0.238. The van der Waals surface area contributed by atoms with Gasteiger partial charge in [-0.15, -0.1) is 11.3 Å². The maximum Gasteiger partial charge on any atom is 0.254 e. The zero-order valence-corrected chi connectivity index (χ0v) is 10.7. The van der Waals surface area contributed by atoms with Gasteiger partial charge in [-0.2, -0.15) is 0 Å². The highest BCUT2D eigenvalue weighted by atomic mass is 35.5. The predicted molar refractivity (Wildman–Crippen MR) is 67.3 cm³/mol. The molecule has 2 aromatic rings. The van der Waals surface area contributed by atoms with Crippen LogP contribution in [0.1, 0.15) is 21.1 Å². The first kappa shape index (κ1) is 12.0. The number of carbonyl (C=O) groups is 1. The Morgan fingerprint density at radius 3 is 3.00 bits per heavy atom. The first-order chi connectivity index (χ1) is 8.16. The minimum Gasteiger partial charge on any atom is -0.345 e. The number of hydrogen-bond acceptors (Lipinski definition) is 4. The highest BCUT2D eigenvalue weighted by Crippen LogP contribution is 2.15. The third-order valence-corrected chi connectivity index (χ3v) is 3.21. The van der Waals surface area contributed by atoms with Crippen LogP contribution >= 0.6 is 22.9 Å². The summed E-state index contributed by atoms with van der Waals surface area (Å²) in [6, 6.07) is 1.67. The van der Waals surface area contributed by atoms with Crippen LogP contribution in [0.2, 0.25) is 5.02 Å². The fourth-order valence-electron chi connectivity index (χ4n) is 1.28. The van der Waals surface area contributed by atoms with Crippen LogP contribution in [-0.2, 0) is 6.54 Å². The zero-order chi connectivity index (χ0) is 12.3. The first-order valence-corrected chi connectivity index (χ1v) is 6.21. The van der Waals surface area contributed by atoms with Crippen molar-refractivity contribution in [3.05, 3.63) is 45.1 Å². The fraction of sp³-hybridized carbons (Fsp3) is 0.182. The molecule has 0 radical (unpaired) electrons. The number of thiazole rings is 1. The Labute approximate surface area is 108 Å². The highest BCUT2D eigenvalue weighted by molar-refractivity contribution is 7.09. The molecule has 0 aliphatic rings. The molecule has 88 valence electrons. The number of carbonyl (C=O) groups excluding carboxylic acids is 1. The lowest BCUT2D eigenvalue weighted by Crippen LogP contribution is -2.23. The number of pyridine rings is 1. The summed E-state index contributed by atoms with van der Waals surface area (Å²) >= 11 is 7.46. The zero-order valence-electron chi connectivity index (χ0n) is 9.11. The molecule has 2 heterocycles. The largest absolute Gasteiger partial charge is 0.345 e. The number of rotatable bonds is 3. The van der Waals surface area contributed by atoms with Gasteiger partial charge in [-0.25, -0.2) is 4.98 Å². The molecule has 2 rings (SSSR count). The average molecular weight is 268 g/mol. The van der Waals surface area contributed by atoms with Crippen molar-refractivity contribution in [1.29, 1.82) is 0 Å². The van der Waals surface area contributed by atoms with Gasteiger partial charge in [0, 0.05) is 23.5 Å². The van der Waals surface area contributed by atoms with E-state index in [9.17, 15) is 4.79 Å². The van der Waals surface area contributed by atoms with Crippen molar-refractivity contribution in [1.82, 2.24) is 15.3 Å². The van der Waals surface area contributed by atoms with Gasteiger partial charge in [0.25, 0.3) is 5.91 Å². The number of amides is 1. The van der Waals surface area contributed by atoms with Crippen LogP contribution in [0.25, 0.3) is 0 Å². The second-order valence-electron chi connectivity index (χ2n) is 3.41. The normalized spacial score (nSPS) is 10.2. The Balaban J connectivity index is 2.04. The SMILES string of the molecule is Cc1cc(Cl)c(C(=O)NCc2nccs2)cn1. The Morgan fingerprint density at radius 1 is 1.53 bits per heavy atom. The van der Waals surface area contributed by atoms with Gasteiger partial charge >= 0.3 is 0 Å². The van der Waals surface area contributed by atoms with Crippen molar-refractivity contribution in [2.45, 2.75) is 13.5 Å². The first-order valence-electron chi connectivity index (χ1n) is 4.95. The lowest BCUT2D eigenvalue weighted by Gasteiger charge is -2.05. The number of aryl methyl sites for hydroxylation is 1. The molecule has 0 spiro atoms. The van der Waals surface area contributed by atoms with Crippen molar-refractivity contribution in [3.63, 3.8) is 0 Å². The minimum atomic E-state index is -0.238. The van der Waals surface area contributed by atoms with Crippen LogP contribution in [0, 0.1) is 6.92 Å². The molecular weight excluding hydrogens is 258 g/mol. The Bertz CT molecular complexity index is 528. The maximum absolute atomic E-state index is 11.8. The van der Waals surface area contributed by atoms with Gasteiger partial charge in [0.2, 0.25) is 0 Å². The second kappa shape index (κ2) is 5.25. The molecule has 0 saturated heterocycles. The van der Waals surface area contributed by atoms with Gasteiger partial charge in [0.05, 0.1) is 17.1 Å². The quantitative estimate of drug-likeness (QED) is 0.929. The van der Waals surface area contributed by atoms with E-state index < -0.39 is 0 Å². The van der Waals surface area contributed by atoms with Gasteiger partial charge < -0.3 is 5.32 Å². The number of nitrogens with one attached hydrogen (secondary N) is 1. The molecule has 0 aliphatic heterocycles. The summed E-state index contributed by atoms with van der Waals surface area (Å²) in [4.78, 5) is 19.9. The van der Waals surface area contributed by atoms with Crippen LogP contribution in [-0.4, -0.2) is 15.9 Å². The lowest BCUT2D eigenvalue weighted by molar-refractivity contribution is 0.0950. The van der Waals surface area contributed by atoms with Crippen molar-refractivity contribution in [3.8, 4) is 0 Å². The Morgan fingerprint density at radius 2 is 2.35 bits per heavy atom. The molecule has 0 aromatic carbocycles. The Hall–Kier alpha value is -1.46. The minimum absolute atomic E-state index is 0.238. The molecule has 0 bridgehead atoms. The molecule has 2 aromatic heterocycles. The molecule has 0 aliphatic carbocycles. The monoisotopic (exact) mass is 267 g/mol. The second-order valence-corrected chi connectivity index (χ2v) is 4.80. The molecule has 0 unspecified atom stereocenters. The lowest BCUT2D eigenvalue weighted by atomic mass is 10.2. The molecule has 17 heavy (non-hydrogen) atoms. The summed E-state index contributed by atoms with van der Waals surface area (Å²) in [5.41, 5.74) is 1.17. The summed E-state index contributed by atoms with van der Waals surface area (Å²) in [6.07, 6.45) is 3.18. The van der Waals surface area contributed by atoms with Crippen LogP contribution in [0.3, 0.4) is 0 Å². The molecule has 4 nitrogen and oxygen atoms in total. The average Bonchev–Trinajstić information content (AvgIpc) is 2.78. The molecule has 1 N–H and O–H groups in total. The highest BCUT2D eigenvalue weighted by Gasteiger charge is 2.11. The Kier molecular flexibility index (Phi) is 3.71. The molecule has 0 atom stereocenters. The van der Waals surface area contributed by atoms with E-state index in [1.165, 1.54) is 17.5 Å². The van der Waals surface area contributed by atoms with Gasteiger partial charge in [-0.05, 0) is 13.0 Å². The van der Waals surface area contributed by atoms with E-state index in [1.54, 1.807) is 12.3 Å². The third-order valence-electron chi connectivity index (χ3n) is 2.12. The molecular formula is C11H10ClN3OS. The molecule has 6 heteroatoms. The van der Waals surface area contributed by atoms with Gasteiger partial charge in [0.1, 0.15) is 5.01 Å². The summed E-state index contributed by atoms with van der Waals surface area (Å²) < 4.78 is 0. The van der Waals surface area contributed by atoms with E-state index in [2.05, 4.69) is 15.3 Å². The van der Waals surface area contributed by atoms with Crippen molar-refractivity contribution >= 4 is 28.8 Å². The number of halogens is 1. The van der Waals surface area contributed by atoms with E-state index >= 15 is 0 Å². The van der Waals surface area contributed by atoms with Crippen molar-refractivity contribution in [2.75, 3.05) is 0 Å². The standard InChI is InChI=1S/C11H10ClN3OS/c1-7-4-9(12)8(5-14-7)11(16)15-6-10-13-2-3-17-10/h2-5H,6H2,1H3,(H,15,16). The van der Waals surface area contributed by atoms with Crippen LogP contribution < -0.4 is 5.32 Å². The number of hydrogen-bond donors (Lipinski definition) is 1. The van der Waals surface area contributed by atoms with E-state index in [4.69, 9.17) is 11.6 Å². The van der Waals surface area contributed by atoms with Crippen LogP contribution in [0.4, 0.5) is 0 Å². The molecule has 0 saturated carbocycles. The van der Waals surface area contributed by atoms with Crippen molar-refractivity contribution in [2.24, 2.45) is 0 Å². The smallest absolute Gasteiger partial charge is 0.254 e. The molecule has 1 amide bonds. The van der Waals surface area contributed by atoms with Gasteiger partial charge in [-0.1, -0.05) is 11.6 Å². The maximum atomic E-state index is 11.8.